The first-order valence-corrected chi connectivity index (χ1v) is 7.93. The van der Waals surface area contributed by atoms with Crippen molar-refractivity contribution in [3.8, 4) is 0 Å². The Kier molecular flexibility index (Phi) is 3.44. The quantitative estimate of drug-likeness (QED) is 0.792. The Morgan fingerprint density at radius 3 is 2.95 bits per heavy atom. The highest BCUT2D eigenvalue weighted by Gasteiger charge is 2.12. The van der Waals surface area contributed by atoms with Crippen molar-refractivity contribution < 1.29 is 0 Å². The van der Waals surface area contributed by atoms with E-state index in [0.29, 0.717) is 0 Å². The van der Waals surface area contributed by atoms with Crippen molar-refractivity contribution in [2.45, 2.75) is 26.3 Å². The van der Waals surface area contributed by atoms with Crippen LogP contribution >= 0.6 is 22.7 Å². The highest BCUT2D eigenvalue weighted by molar-refractivity contribution is 7.16. The molecule has 3 rings (SSSR count). The average Bonchev–Trinajstić information content (AvgIpc) is 3.09. The molecule has 19 heavy (non-hydrogen) atoms. The number of thiazole rings is 1. The van der Waals surface area contributed by atoms with Gasteiger partial charge in [-0.1, -0.05) is 6.92 Å². The standard InChI is InChI=1S/C13H14N4S2/c1-3-11-16-12(9-4-5-18-13(9)17-11)15-8(2)10-6-14-7-19-10/h4-8H,3H2,1-2H3,(H,15,16,17). The lowest BCUT2D eigenvalue weighted by molar-refractivity contribution is 0.880. The lowest BCUT2D eigenvalue weighted by Gasteiger charge is -2.13. The Labute approximate surface area is 119 Å². The zero-order chi connectivity index (χ0) is 13.2. The summed E-state index contributed by atoms with van der Waals surface area (Å²) >= 11 is 3.31. The molecule has 1 atom stereocenters. The predicted molar refractivity (Wildman–Crippen MR) is 80.9 cm³/mol. The molecule has 0 amide bonds. The highest BCUT2D eigenvalue weighted by Crippen LogP contribution is 2.28. The van der Waals surface area contributed by atoms with Gasteiger partial charge in [0.1, 0.15) is 16.5 Å². The van der Waals surface area contributed by atoms with Crippen LogP contribution in [0.2, 0.25) is 0 Å². The lowest BCUT2D eigenvalue weighted by Crippen LogP contribution is -2.08. The number of aromatic nitrogens is 3. The Morgan fingerprint density at radius 2 is 2.21 bits per heavy atom. The van der Waals surface area contributed by atoms with Gasteiger partial charge in [-0.15, -0.1) is 22.7 Å². The van der Waals surface area contributed by atoms with E-state index in [9.17, 15) is 0 Å². The monoisotopic (exact) mass is 290 g/mol. The van der Waals surface area contributed by atoms with Gasteiger partial charge >= 0.3 is 0 Å². The first kappa shape index (κ1) is 12.5. The first-order chi connectivity index (χ1) is 9.28. The van der Waals surface area contributed by atoms with Crippen LogP contribution in [0.15, 0.2) is 23.2 Å². The van der Waals surface area contributed by atoms with Gasteiger partial charge in [0.2, 0.25) is 0 Å². The van der Waals surface area contributed by atoms with Crippen molar-refractivity contribution >= 4 is 38.7 Å². The Bertz CT molecular complexity index is 675. The maximum absolute atomic E-state index is 4.61. The molecule has 3 aromatic rings. The van der Waals surface area contributed by atoms with Crippen LogP contribution in [-0.4, -0.2) is 15.0 Å². The minimum absolute atomic E-state index is 0.204. The third-order valence-electron chi connectivity index (χ3n) is 2.92. The fourth-order valence-electron chi connectivity index (χ4n) is 1.88. The third-order valence-corrected chi connectivity index (χ3v) is 4.68. The largest absolute Gasteiger partial charge is 0.362 e. The summed E-state index contributed by atoms with van der Waals surface area (Å²) in [4.78, 5) is 15.5. The molecule has 98 valence electrons. The van der Waals surface area contributed by atoms with E-state index in [2.05, 4.69) is 45.6 Å². The van der Waals surface area contributed by atoms with Gasteiger partial charge in [-0.2, -0.15) is 0 Å². The second kappa shape index (κ2) is 5.22. The Balaban J connectivity index is 1.97. The van der Waals surface area contributed by atoms with Crippen LogP contribution in [-0.2, 0) is 6.42 Å². The summed E-state index contributed by atoms with van der Waals surface area (Å²) in [6.45, 7) is 4.20. The maximum atomic E-state index is 4.61. The number of hydrogen-bond acceptors (Lipinski definition) is 6. The summed E-state index contributed by atoms with van der Waals surface area (Å²) < 4.78 is 0. The molecule has 1 N–H and O–H groups in total. The zero-order valence-electron chi connectivity index (χ0n) is 10.8. The summed E-state index contributed by atoms with van der Waals surface area (Å²) in [5.74, 6) is 1.80. The molecular formula is C13H14N4S2. The van der Waals surface area contributed by atoms with Gasteiger partial charge < -0.3 is 5.32 Å². The molecule has 0 saturated heterocycles. The van der Waals surface area contributed by atoms with Gasteiger partial charge in [0, 0.05) is 17.5 Å². The van der Waals surface area contributed by atoms with E-state index in [1.54, 1.807) is 22.7 Å². The molecule has 0 aliphatic heterocycles. The van der Waals surface area contributed by atoms with E-state index >= 15 is 0 Å². The normalized spacial score (nSPS) is 12.7. The molecule has 4 nitrogen and oxygen atoms in total. The van der Waals surface area contributed by atoms with Crippen molar-refractivity contribution in [1.29, 1.82) is 0 Å². The number of aryl methyl sites for hydroxylation is 1. The number of anilines is 1. The summed E-state index contributed by atoms with van der Waals surface area (Å²) in [5, 5.41) is 6.63. The summed E-state index contributed by atoms with van der Waals surface area (Å²) in [6, 6.07) is 2.27. The molecule has 0 saturated carbocycles. The van der Waals surface area contributed by atoms with Crippen LogP contribution in [0.5, 0.6) is 0 Å². The van der Waals surface area contributed by atoms with Gasteiger partial charge in [-0.25, -0.2) is 9.97 Å². The summed E-state index contributed by atoms with van der Waals surface area (Å²) in [7, 11) is 0. The van der Waals surface area contributed by atoms with Crippen LogP contribution in [0.25, 0.3) is 10.2 Å². The predicted octanol–water partition coefficient (Wildman–Crippen LogP) is 3.88. The second-order valence-electron chi connectivity index (χ2n) is 4.25. The van der Waals surface area contributed by atoms with E-state index in [4.69, 9.17) is 0 Å². The average molecular weight is 290 g/mol. The van der Waals surface area contributed by atoms with E-state index < -0.39 is 0 Å². The third kappa shape index (κ3) is 2.46. The van der Waals surface area contributed by atoms with Crippen LogP contribution < -0.4 is 5.32 Å². The molecule has 0 bridgehead atoms. The fourth-order valence-corrected chi connectivity index (χ4v) is 3.29. The molecule has 0 spiro atoms. The van der Waals surface area contributed by atoms with Crippen molar-refractivity contribution in [2.24, 2.45) is 0 Å². The second-order valence-corrected chi connectivity index (χ2v) is 6.06. The van der Waals surface area contributed by atoms with Crippen molar-refractivity contribution in [3.63, 3.8) is 0 Å². The molecule has 3 aromatic heterocycles. The number of nitrogens with one attached hydrogen (secondary N) is 1. The number of hydrogen-bond donors (Lipinski definition) is 1. The SMILES string of the molecule is CCc1nc(NC(C)c2cncs2)c2ccsc2n1. The molecule has 1 unspecified atom stereocenters. The molecule has 0 aromatic carbocycles. The van der Waals surface area contributed by atoms with E-state index in [1.807, 2.05) is 11.7 Å². The zero-order valence-corrected chi connectivity index (χ0v) is 12.4. The Hall–Kier alpha value is -1.53. The van der Waals surface area contributed by atoms with Gasteiger partial charge in [-0.05, 0) is 18.4 Å². The minimum atomic E-state index is 0.204. The van der Waals surface area contributed by atoms with Crippen LogP contribution in [0.4, 0.5) is 5.82 Å². The number of fused-ring (bicyclic) bond motifs is 1. The fraction of sp³-hybridized carbons (Fsp3) is 0.308. The minimum Gasteiger partial charge on any atom is -0.362 e. The molecule has 0 aliphatic rings. The summed E-state index contributed by atoms with van der Waals surface area (Å²) in [6.07, 6.45) is 2.74. The molecule has 0 aliphatic carbocycles. The van der Waals surface area contributed by atoms with Crippen molar-refractivity contribution in [1.82, 2.24) is 15.0 Å². The number of thiophene rings is 1. The summed E-state index contributed by atoms with van der Waals surface area (Å²) in [5.41, 5.74) is 1.85. The number of nitrogens with zero attached hydrogens (tertiary/aromatic N) is 3. The highest BCUT2D eigenvalue weighted by atomic mass is 32.1. The molecule has 0 radical (unpaired) electrons. The smallest absolute Gasteiger partial charge is 0.139 e. The van der Waals surface area contributed by atoms with Crippen LogP contribution in [0.3, 0.4) is 0 Å². The van der Waals surface area contributed by atoms with Gasteiger partial charge in [0.25, 0.3) is 0 Å². The van der Waals surface area contributed by atoms with E-state index in [-0.39, 0.29) is 6.04 Å². The van der Waals surface area contributed by atoms with Gasteiger partial charge in [0.15, 0.2) is 0 Å². The van der Waals surface area contributed by atoms with Gasteiger partial charge in [-0.3, -0.25) is 4.98 Å². The lowest BCUT2D eigenvalue weighted by atomic mass is 10.2. The van der Waals surface area contributed by atoms with Crippen LogP contribution in [0, 0.1) is 0 Å². The van der Waals surface area contributed by atoms with E-state index in [1.165, 1.54) is 4.88 Å². The van der Waals surface area contributed by atoms with Gasteiger partial charge in [0.05, 0.1) is 16.9 Å². The molecule has 3 heterocycles. The topological polar surface area (TPSA) is 50.7 Å². The van der Waals surface area contributed by atoms with Crippen molar-refractivity contribution in [3.05, 3.63) is 33.9 Å². The van der Waals surface area contributed by atoms with Crippen molar-refractivity contribution in [2.75, 3.05) is 5.32 Å². The molecule has 0 fully saturated rings. The number of rotatable bonds is 4. The molecular weight excluding hydrogens is 276 g/mol. The maximum Gasteiger partial charge on any atom is 0.139 e. The first-order valence-electron chi connectivity index (χ1n) is 6.17. The molecule has 6 heteroatoms. The van der Waals surface area contributed by atoms with E-state index in [0.717, 1.165) is 28.3 Å². The Morgan fingerprint density at radius 1 is 1.32 bits per heavy atom. The van der Waals surface area contributed by atoms with Crippen LogP contribution in [0.1, 0.15) is 30.6 Å².